The van der Waals surface area contributed by atoms with Crippen molar-refractivity contribution in [2.45, 2.75) is 26.4 Å². The molecule has 0 atom stereocenters. The van der Waals surface area contributed by atoms with Crippen molar-refractivity contribution in [3.63, 3.8) is 0 Å². The molecular weight excluding hydrogens is 212 g/mol. The van der Waals surface area contributed by atoms with Crippen LogP contribution in [-0.4, -0.2) is 31.1 Å². The lowest BCUT2D eigenvalue weighted by Gasteiger charge is -2.16. The molecule has 0 fully saturated rings. The summed E-state index contributed by atoms with van der Waals surface area (Å²) in [6.07, 6.45) is 0. The van der Waals surface area contributed by atoms with E-state index in [1.165, 1.54) is 0 Å². The molecule has 3 nitrogen and oxygen atoms in total. The van der Waals surface area contributed by atoms with Crippen molar-refractivity contribution >= 4 is 11.6 Å². The van der Waals surface area contributed by atoms with Gasteiger partial charge in [-0.25, -0.2) is 0 Å². The highest BCUT2D eigenvalue weighted by atomic mass is 35.5. The third kappa shape index (κ3) is 5.21. The van der Waals surface area contributed by atoms with Crippen LogP contribution in [0.25, 0.3) is 0 Å². The molecule has 0 saturated carbocycles. The first-order valence-electron chi connectivity index (χ1n) is 5.24. The van der Waals surface area contributed by atoms with Crippen LogP contribution in [0.2, 0.25) is 5.22 Å². The van der Waals surface area contributed by atoms with E-state index >= 15 is 0 Å². The van der Waals surface area contributed by atoms with Crippen LogP contribution in [0.15, 0.2) is 16.5 Å². The molecule has 4 heteroatoms. The number of rotatable bonds is 6. The fourth-order valence-corrected chi connectivity index (χ4v) is 1.49. The molecule has 0 saturated heterocycles. The van der Waals surface area contributed by atoms with Gasteiger partial charge < -0.3 is 9.73 Å². The average molecular weight is 231 g/mol. The summed E-state index contributed by atoms with van der Waals surface area (Å²) >= 11 is 5.69. The lowest BCUT2D eigenvalue weighted by molar-refractivity contribution is 0.291. The number of hydrogen-bond acceptors (Lipinski definition) is 3. The normalized spacial score (nSPS) is 11.6. The monoisotopic (exact) mass is 230 g/mol. The van der Waals surface area contributed by atoms with Gasteiger partial charge in [-0.05, 0) is 30.8 Å². The van der Waals surface area contributed by atoms with Crippen LogP contribution in [0, 0.1) is 0 Å². The molecule has 0 spiro atoms. The van der Waals surface area contributed by atoms with Crippen LogP contribution in [0.3, 0.4) is 0 Å². The smallest absolute Gasteiger partial charge is 0.193 e. The standard InChI is InChI=1S/C11H19ClN2O/c1-9(2)13-6-7-14(3)8-10-4-5-11(12)15-10/h4-5,9,13H,6-8H2,1-3H3. The summed E-state index contributed by atoms with van der Waals surface area (Å²) in [6.45, 7) is 7.07. The van der Waals surface area contributed by atoms with Gasteiger partial charge in [0.15, 0.2) is 5.22 Å². The van der Waals surface area contributed by atoms with Crippen molar-refractivity contribution in [3.05, 3.63) is 23.1 Å². The SMILES string of the molecule is CC(C)NCCN(C)Cc1ccc(Cl)o1. The zero-order valence-corrected chi connectivity index (χ0v) is 10.3. The first kappa shape index (κ1) is 12.6. The van der Waals surface area contributed by atoms with Crippen molar-refractivity contribution in [2.75, 3.05) is 20.1 Å². The van der Waals surface area contributed by atoms with E-state index in [-0.39, 0.29) is 0 Å². The van der Waals surface area contributed by atoms with Crippen LogP contribution < -0.4 is 5.32 Å². The summed E-state index contributed by atoms with van der Waals surface area (Å²) in [7, 11) is 2.07. The van der Waals surface area contributed by atoms with E-state index in [2.05, 4.69) is 31.1 Å². The van der Waals surface area contributed by atoms with Crippen molar-refractivity contribution in [2.24, 2.45) is 0 Å². The van der Waals surface area contributed by atoms with E-state index in [4.69, 9.17) is 16.0 Å². The second-order valence-corrected chi connectivity index (χ2v) is 4.42. The van der Waals surface area contributed by atoms with Gasteiger partial charge in [-0.1, -0.05) is 13.8 Å². The maximum absolute atomic E-state index is 5.69. The second kappa shape index (κ2) is 6.16. The van der Waals surface area contributed by atoms with Crippen molar-refractivity contribution in [3.8, 4) is 0 Å². The van der Waals surface area contributed by atoms with Gasteiger partial charge in [0.25, 0.3) is 0 Å². The molecular formula is C11H19ClN2O. The fraction of sp³-hybridized carbons (Fsp3) is 0.636. The molecule has 0 aromatic carbocycles. The first-order valence-corrected chi connectivity index (χ1v) is 5.62. The van der Waals surface area contributed by atoms with Gasteiger partial charge in [0.05, 0.1) is 6.54 Å². The van der Waals surface area contributed by atoms with Crippen LogP contribution in [0.4, 0.5) is 0 Å². The Morgan fingerprint density at radius 2 is 2.20 bits per heavy atom. The Morgan fingerprint density at radius 1 is 1.47 bits per heavy atom. The molecule has 1 aromatic rings. The van der Waals surface area contributed by atoms with Crippen molar-refractivity contribution < 1.29 is 4.42 Å². The predicted molar refractivity (Wildman–Crippen MR) is 63.2 cm³/mol. The number of nitrogens with zero attached hydrogens (tertiary/aromatic N) is 1. The molecule has 1 heterocycles. The quantitative estimate of drug-likeness (QED) is 0.814. The van der Waals surface area contributed by atoms with Gasteiger partial charge in [-0.3, -0.25) is 4.90 Å². The molecule has 1 N–H and O–H groups in total. The van der Waals surface area contributed by atoms with E-state index in [9.17, 15) is 0 Å². The van der Waals surface area contributed by atoms with Crippen LogP contribution in [0.1, 0.15) is 19.6 Å². The van der Waals surface area contributed by atoms with Gasteiger partial charge in [-0.2, -0.15) is 0 Å². The summed E-state index contributed by atoms with van der Waals surface area (Å²) in [5.41, 5.74) is 0. The minimum atomic E-state index is 0.457. The fourth-order valence-electron chi connectivity index (χ4n) is 1.33. The second-order valence-electron chi connectivity index (χ2n) is 4.05. The molecule has 1 aromatic heterocycles. The molecule has 0 amide bonds. The molecule has 0 radical (unpaired) electrons. The van der Waals surface area contributed by atoms with E-state index < -0.39 is 0 Å². The van der Waals surface area contributed by atoms with Gasteiger partial charge in [0.2, 0.25) is 0 Å². The number of furan rings is 1. The summed E-state index contributed by atoms with van der Waals surface area (Å²) in [5, 5.41) is 3.83. The Balaban J connectivity index is 2.21. The van der Waals surface area contributed by atoms with Crippen LogP contribution >= 0.6 is 11.6 Å². The number of halogens is 1. The van der Waals surface area contributed by atoms with E-state index in [0.717, 1.165) is 25.4 Å². The highest BCUT2D eigenvalue weighted by Gasteiger charge is 2.04. The molecule has 0 unspecified atom stereocenters. The molecule has 15 heavy (non-hydrogen) atoms. The third-order valence-corrected chi connectivity index (χ3v) is 2.30. The molecule has 86 valence electrons. The van der Waals surface area contributed by atoms with Gasteiger partial charge in [-0.15, -0.1) is 0 Å². The largest absolute Gasteiger partial charge is 0.448 e. The zero-order valence-electron chi connectivity index (χ0n) is 9.59. The highest BCUT2D eigenvalue weighted by molar-refractivity contribution is 6.28. The zero-order chi connectivity index (χ0) is 11.3. The van der Waals surface area contributed by atoms with Crippen LogP contribution in [-0.2, 0) is 6.54 Å². The Kier molecular flexibility index (Phi) is 5.15. The lowest BCUT2D eigenvalue weighted by Crippen LogP contribution is -2.32. The summed E-state index contributed by atoms with van der Waals surface area (Å²) < 4.78 is 5.28. The Morgan fingerprint density at radius 3 is 2.73 bits per heavy atom. The third-order valence-electron chi connectivity index (χ3n) is 2.10. The first-order chi connectivity index (χ1) is 7.08. The summed E-state index contributed by atoms with van der Waals surface area (Å²) in [4.78, 5) is 2.20. The average Bonchev–Trinajstić information content (AvgIpc) is 2.50. The number of likely N-dealkylation sites (N-methyl/N-ethyl adjacent to an activating group) is 1. The Labute approximate surface area is 96.4 Å². The number of hydrogen-bond donors (Lipinski definition) is 1. The minimum absolute atomic E-state index is 0.457. The molecule has 0 bridgehead atoms. The molecule has 0 aliphatic rings. The number of nitrogens with one attached hydrogen (secondary N) is 1. The minimum Gasteiger partial charge on any atom is -0.448 e. The van der Waals surface area contributed by atoms with Gasteiger partial charge in [0.1, 0.15) is 5.76 Å². The van der Waals surface area contributed by atoms with E-state index in [0.29, 0.717) is 11.3 Å². The summed E-state index contributed by atoms with van der Waals surface area (Å²) in [5.74, 6) is 0.909. The predicted octanol–water partition coefficient (Wildman–Crippen LogP) is 2.36. The topological polar surface area (TPSA) is 28.4 Å². The highest BCUT2D eigenvalue weighted by Crippen LogP contribution is 2.14. The Bertz CT molecular complexity index is 286. The lowest BCUT2D eigenvalue weighted by atomic mass is 10.3. The summed E-state index contributed by atoms with van der Waals surface area (Å²) in [6, 6.07) is 4.22. The maximum atomic E-state index is 5.69. The Hall–Kier alpha value is -0.510. The molecule has 0 aliphatic heterocycles. The van der Waals surface area contributed by atoms with Crippen molar-refractivity contribution in [1.82, 2.24) is 10.2 Å². The van der Waals surface area contributed by atoms with Crippen molar-refractivity contribution in [1.29, 1.82) is 0 Å². The maximum Gasteiger partial charge on any atom is 0.193 e. The molecule has 0 aliphatic carbocycles. The molecule has 1 rings (SSSR count). The van der Waals surface area contributed by atoms with Gasteiger partial charge >= 0.3 is 0 Å². The van der Waals surface area contributed by atoms with Gasteiger partial charge in [0, 0.05) is 19.1 Å². The van der Waals surface area contributed by atoms with Crippen LogP contribution in [0.5, 0.6) is 0 Å². The van der Waals surface area contributed by atoms with E-state index in [1.54, 1.807) is 6.07 Å². The van der Waals surface area contributed by atoms with E-state index in [1.807, 2.05) is 6.07 Å².